The number of anilines is 1. The predicted octanol–water partition coefficient (Wildman–Crippen LogP) is 3.73. The van der Waals surface area contributed by atoms with Gasteiger partial charge in [-0.3, -0.25) is 4.79 Å². The van der Waals surface area contributed by atoms with Gasteiger partial charge in [-0.05, 0) is 42.1 Å². The van der Waals surface area contributed by atoms with Crippen molar-refractivity contribution in [1.29, 1.82) is 0 Å². The number of fused-ring (bicyclic) bond motifs is 1. The van der Waals surface area contributed by atoms with E-state index in [9.17, 15) is 4.79 Å². The summed E-state index contributed by atoms with van der Waals surface area (Å²) in [6.07, 6.45) is 3.89. The fourth-order valence-corrected chi connectivity index (χ4v) is 2.63. The van der Waals surface area contributed by atoms with Gasteiger partial charge in [0.2, 0.25) is 6.54 Å². The van der Waals surface area contributed by atoms with E-state index in [1.165, 1.54) is 0 Å². The van der Waals surface area contributed by atoms with E-state index in [4.69, 9.17) is 11.6 Å². The van der Waals surface area contributed by atoms with E-state index in [0.29, 0.717) is 5.02 Å². The molecule has 3 rings (SSSR count). The van der Waals surface area contributed by atoms with Crippen LogP contribution in [-0.4, -0.2) is 5.91 Å². The molecule has 0 fully saturated rings. The lowest BCUT2D eigenvalue weighted by Crippen LogP contribution is -2.39. The second-order valence-electron chi connectivity index (χ2n) is 5.25. The molecule has 1 heterocycles. The third-order valence-electron chi connectivity index (χ3n) is 3.54. The highest BCUT2D eigenvalue weighted by molar-refractivity contribution is 6.30. The highest BCUT2D eigenvalue weighted by Gasteiger charge is 2.11. The van der Waals surface area contributed by atoms with Crippen LogP contribution >= 0.6 is 11.6 Å². The number of hydrogen-bond donors (Lipinski definition) is 1. The predicted molar refractivity (Wildman–Crippen MR) is 89.0 cm³/mol. The van der Waals surface area contributed by atoms with Crippen molar-refractivity contribution < 1.29 is 9.36 Å². The van der Waals surface area contributed by atoms with Gasteiger partial charge in [-0.25, -0.2) is 0 Å². The largest absolute Gasteiger partial charge is 0.320 e. The third kappa shape index (κ3) is 3.26. The maximum Gasteiger partial charge on any atom is 0.290 e. The normalized spacial score (nSPS) is 10.6. The van der Waals surface area contributed by atoms with Crippen LogP contribution in [0.4, 0.5) is 5.69 Å². The van der Waals surface area contributed by atoms with Crippen LogP contribution in [0, 0.1) is 6.92 Å². The topological polar surface area (TPSA) is 33.0 Å². The first-order valence-corrected chi connectivity index (χ1v) is 7.43. The smallest absolute Gasteiger partial charge is 0.290 e. The Kier molecular flexibility index (Phi) is 4.07. The number of carbonyl (C=O) groups is 1. The summed E-state index contributed by atoms with van der Waals surface area (Å²) in [5.74, 6) is -0.0642. The summed E-state index contributed by atoms with van der Waals surface area (Å²) < 4.78 is 1.88. The summed E-state index contributed by atoms with van der Waals surface area (Å²) in [6.45, 7) is 2.19. The molecule has 0 saturated heterocycles. The lowest BCUT2D eigenvalue weighted by atomic mass is 10.2. The Bertz CT molecular complexity index is 845. The number of aryl methyl sites for hydroxylation is 1. The fraction of sp³-hybridized carbons (Fsp3) is 0.111. The number of benzene rings is 2. The van der Waals surface area contributed by atoms with Crippen molar-refractivity contribution in [3.05, 3.63) is 71.5 Å². The maximum absolute atomic E-state index is 12.2. The molecule has 1 amide bonds. The Morgan fingerprint density at radius 2 is 1.91 bits per heavy atom. The first-order chi connectivity index (χ1) is 10.6. The van der Waals surface area contributed by atoms with Crippen molar-refractivity contribution >= 4 is 34.0 Å². The molecule has 2 aromatic carbocycles. The van der Waals surface area contributed by atoms with Gasteiger partial charge in [-0.15, -0.1) is 0 Å². The molecule has 0 atom stereocenters. The lowest BCUT2D eigenvalue weighted by molar-refractivity contribution is -0.682. The summed E-state index contributed by atoms with van der Waals surface area (Å²) in [5.41, 5.74) is 1.74. The van der Waals surface area contributed by atoms with E-state index in [-0.39, 0.29) is 12.5 Å². The average molecular weight is 312 g/mol. The summed E-state index contributed by atoms with van der Waals surface area (Å²) >= 11 is 5.92. The third-order valence-corrected chi connectivity index (χ3v) is 3.77. The van der Waals surface area contributed by atoms with E-state index in [2.05, 4.69) is 11.4 Å². The molecule has 22 heavy (non-hydrogen) atoms. The van der Waals surface area contributed by atoms with Crippen molar-refractivity contribution in [2.24, 2.45) is 0 Å². The minimum atomic E-state index is -0.0642. The molecular formula is C18H16ClN2O+. The number of nitrogens with one attached hydrogen (secondary N) is 1. The van der Waals surface area contributed by atoms with E-state index in [1.54, 1.807) is 6.07 Å². The molecule has 0 saturated carbocycles. The first-order valence-electron chi connectivity index (χ1n) is 7.06. The Balaban J connectivity index is 1.75. The second kappa shape index (κ2) is 6.16. The van der Waals surface area contributed by atoms with Crippen LogP contribution in [0.2, 0.25) is 5.02 Å². The molecule has 0 unspecified atom stereocenters. The minimum absolute atomic E-state index is 0.0642. The second-order valence-corrected chi connectivity index (χ2v) is 5.69. The number of amides is 1. The summed E-state index contributed by atoms with van der Waals surface area (Å²) in [6, 6.07) is 15.5. The van der Waals surface area contributed by atoms with Crippen LogP contribution in [0.15, 0.2) is 60.9 Å². The van der Waals surface area contributed by atoms with Crippen molar-refractivity contribution in [2.75, 3.05) is 5.32 Å². The van der Waals surface area contributed by atoms with Crippen molar-refractivity contribution in [3.8, 4) is 0 Å². The first kappa shape index (κ1) is 14.5. The molecule has 0 bridgehead atoms. The fourth-order valence-electron chi connectivity index (χ4n) is 2.40. The molecule has 0 aliphatic rings. The zero-order valence-corrected chi connectivity index (χ0v) is 13.0. The average Bonchev–Trinajstić information content (AvgIpc) is 2.50. The van der Waals surface area contributed by atoms with Crippen molar-refractivity contribution in [1.82, 2.24) is 0 Å². The number of aromatic nitrogens is 1. The highest BCUT2D eigenvalue weighted by atomic mass is 35.5. The Labute approximate surface area is 134 Å². The molecule has 0 aliphatic heterocycles. The van der Waals surface area contributed by atoms with Crippen LogP contribution in [0.25, 0.3) is 10.8 Å². The van der Waals surface area contributed by atoms with E-state index in [0.717, 1.165) is 22.0 Å². The van der Waals surface area contributed by atoms with Gasteiger partial charge >= 0.3 is 0 Å². The zero-order valence-electron chi connectivity index (χ0n) is 12.2. The molecule has 4 heteroatoms. The molecule has 0 radical (unpaired) electrons. The molecule has 1 N–H and O–H groups in total. The van der Waals surface area contributed by atoms with Crippen molar-refractivity contribution in [2.45, 2.75) is 13.5 Å². The van der Waals surface area contributed by atoms with Gasteiger partial charge in [0.05, 0.1) is 0 Å². The highest BCUT2D eigenvalue weighted by Crippen LogP contribution is 2.19. The number of carbonyl (C=O) groups excluding carboxylic acids is 1. The number of pyridine rings is 1. The van der Waals surface area contributed by atoms with Gasteiger partial charge in [0, 0.05) is 22.2 Å². The Morgan fingerprint density at radius 3 is 2.68 bits per heavy atom. The standard InChI is InChI=1S/C18H15ClN2O/c1-13-10-16(19)6-7-17(13)20-18(22)12-21-9-8-14-4-2-3-5-15(14)11-21/h2-11H,12H2,1H3/p+1. The van der Waals surface area contributed by atoms with Gasteiger partial charge in [0.25, 0.3) is 5.91 Å². The maximum atomic E-state index is 12.2. The van der Waals surface area contributed by atoms with E-state index < -0.39 is 0 Å². The summed E-state index contributed by atoms with van der Waals surface area (Å²) in [4.78, 5) is 12.2. The van der Waals surface area contributed by atoms with Crippen LogP contribution < -0.4 is 9.88 Å². The monoisotopic (exact) mass is 311 g/mol. The van der Waals surface area contributed by atoms with Crippen LogP contribution in [-0.2, 0) is 11.3 Å². The van der Waals surface area contributed by atoms with Crippen LogP contribution in [0.5, 0.6) is 0 Å². The van der Waals surface area contributed by atoms with Crippen LogP contribution in [0.3, 0.4) is 0 Å². The van der Waals surface area contributed by atoms with Gasteiger partial charge in [-0.1, -0.05) is 29.8 Å². The van der Waals surface area contributed by atoms with E-state index in [1.807, 2.05) is 60.3 Å². The number of halogens is 1. The van der Waals surface area contributed by atoms with Gasteiger partial charge < -0.3 is 5.32 Å². The Hall–Kier alpha value is -2.39. The summed E-state index contributed by atoms with van der Waals surface area (Å²) in [7, 11) is 0. The SMILES string of the molecule is Cc1cc(Cl)ccc1NC(=O)C[n+]1ccc2ccccc2c1. The van der Waals surface area contributed by atoms with Gasteiger partial charge in [0.15, 0.2) is 12.4 Å². The zero-order chi connectivity index (χ0) is 15.5. The van der Waals surface area contributed by atoms with Gasteiger partial charge in [0.1, 0.15) is 0 Å². The summed E-state index contributed by atoms with van der Waals surface area (Å²) in [5, 5.41) is 5.85. The number of hydrogen-bond acceptors (Lipinski definition) is 1. The van der Waals surface area contributed by atoms with Gasteiger partial charge in [-0.2, -0.15) is 4.57 Å². The molecule has 3 aromatic rings. The number of nitrogens with zero attached hydrogens (tertiary/aromatic N) is 1. The van der Waals surface area contributed by atoms with E-state index >= 15 is 0 Å². The molecule has 110 valence electrons. The van der Waals surface area contributed by atoms with Crippen LogP contribution in [0.1, 0.15) is 5.56 Å². The van der Waals surface area contributed by atoms with Crippen molar-refractivity contribution in [3.63, 3.8) is 0 Å². The molecule has 0 spiro atoms. The molecule has 0 aliphatic carbocycles. The number of rotatable bonds is 3. The lowest BCUT2D eigenvalue weighted by Gasteiger charge is -2.07. The molecule has 1 aromatic heterocycles. The quantitative estimate of drug-likeness (QED) is 0.735. The minimum Gasteiger partial charge on any atom is -0.320 e. The Morgan fingerprint density at radius 1 is 1.14 bits per heavy atom. The molecule has 3 nitrogen and oxygen atoms in total. The molecular weight excluding hydrogens is 296 g/mol.